The number of esters is 1. The number of hydrogen-bond acceptors (Lipinski definition) is 4. The molecule has 0 aromatic rings. The first-order valence-electron chi connectivity index (χ1n) is 4.40. The zero-order valence-electron chi connectivity index (χ0n) is 7.45. The van der Waals surface area contributed by atoms with Crippen molar-refractivity contribution in [1.82, 2.24) is 5.01 Å². The highest BCUT2D eigenvalue weighted by Gasteiger charge is 2.24. The molecule has 1 saturated heterocycles. The molecule has 1 heterocycles. The van der Waals surface area contributed by atoms with E-state index in [-0.39, 0.29) is 11.9 Å². The molecule has 0 spiro atoms. The Bertz CT molecular complexity index is 153. The summed E-state index contributed by atoms with van der Waals surface area (Å²) in [6.45, 7) is 3.89. The minimum Gasteiger partial charge on any atom is -0.466 e. The second kappa shape index (κ2) is 4.42. The van der Waals surface area contributed by atoms with Crippen molar-refractivity contribution in [3.63, 3.8) is 0 Å². The third kappa shape index (κ3) is 2.46. The Hall–Kier alpha value is -0.610. The van der Waals surface area contributed by atoms with E-state index in [1.807, 2.05) is 6.92 Å². The molecule has 1 aliphatic rings. The van der Waals surface area contributed by atoms with Crippen LogP contribution in [0.5, 0.6) is 0 Å². The van der Waals surface area contributed by atoms with E-state index in [0.29, 0.717) is 6.61 Å². The van der Waals surface area contributed by atoms with Crippen LogP contribution in [0.4, 0.5) is 0 Å². The highest BCUT2D eigenvalue weighted by Crippen LogP contribution is 2.16. The second-order valence-corrected chi connectivity index (χ2v) is 3.06. The van der Waals surface area contributed by atoms with Crippen LogP contribution in [0.3, 0.4) is 0 Å². The van der Waals surface area contributed by atoms with Crippen LogP contribution in [0, 0.1) is 5.92 Å². The number of nitrogens with two attached hydrogens (primary N) is 1. The zero-order chi connectivity index (χ0) is 8.97. The number of carbonyl (C=O) groups is 1. The molecule has 1 rings (SSSR count). The summed E-state index contributed by atoms with van der Waals surface area (Å²) in [7, 11) is 0. The molecule has 0 amide bonds. The quantitative estimate of drug-likeness (QED) is 0.475. The van der Waals surface area contributed by atoms with Gasteiger partial charge < -0.3 is 4.74 Å². The molecule has 12 heavy (non-hydrogen) atoms. The summed E-state index contributed by atoms with van der Waals surface area (Å²) in [5.41, 5.74) is 0. The summed E-state index contributed by atoms with van der Waals surface area (Å²) in [4.78, 5) is 11.2. The van der Waals surface area contributed by atoms with Crippen molar-refractivity contribution in [3.05, 3.63) is 0 Å². The molecular formula is C8H16N2O2. The minimum absolute atomic E-state index is 0.0643. The minimum atomic E-state index is -0.0643. The number of hydrogen-bond donors (Lipinski definition) is 1. The maximum absolute atomic E-state index is 11.2. The van der Waals surface area contributed by atoms with Gasteiger partial charge in [-0.25, -0.2) is 5.01 Å². The Kier molecular flexibility index (Phi) is 3.49. The van der Waals surface area contributed by atoms with Gasteiger partial charge in [-0.3, -0.25) is 10.6 Å². The van der Waals surface area contributed by atoms with Gasteiger partial charge in [-0.1, -0.05) is 0 Å². The molecule has 0 atom stereocenters. The molecule has 4 heteroatoms. The van der Waals surface area contributed by atoms with Crippen LogP contribution in [-0.4, -0.2) is 30.7 Å². The van der Waals surface area contributed by atoms with Gasteiger partial charge in [0.15, 0.2) is 0 Å². The Morgan fingerprint density at radius 3 is 2.67 bits per heavy atom. The fourth-order valence-electron chi connectivity index (χ4n) is 1.40. The lowest BCUT2D eigenvalue weighted by Gasteiger charge is -2.26. The highest BCUT2D eigenvalue weighted by atomic mass is 16.5. The van der Waals surface area contributed by atoms with E-state index < -0.39 is 0 Å². The Balaban J connectivity index is 2.29. The van der Waals surface area contributed by atoms with Crippen LogP contribution < -0.4 is 5.84 Å². The molecule has 0 radical (unpaired) electrons. The van der Waals surface area contributed by atoms with Gasteiger partial charge in [0.2, 0.25) is 0 Å². The Labute approximate surface area is 72.6 Å². The zero-order valence-corrected chi connectivity index (χ0v) is 7.45. The first-order chi connectivity index (χ1) is 5.74. The van der Waals surface area contributed by atoms with Crippen molar-refractivity contribution < 1.29 is 9.53 Å². The molecule has 2 N–H and O–H groups in total. The molecule has 1 aliphatic heterocycles. The molecule has 0 aromatic heterocycles. The van der Waals surface area contributed by atoms with E-state index in [0.717, 1.165) is 25.9 Å². The molecule has 0 unspecified atom stereocenters. The molecule has 0 aliphatic carbocycles. The summed E-state index contributed by atoms with van der Waals surface area (Å²) < 4.78 is 4.92. The first kappa shape index (κ1) is 9.48. The van der Waals surface area contributed by atoms with E-state index in [9.17, 15) is 4.79 Å². The van der Waals surface area contributed by atoms with Gasteiger partial charge in [0.05, 0.1) is 12.5 Å². The Morgan fingerprint density at radius 1 is 1.58 bits per heavy atom. The smallest absolute Gasteiger partial charge is 0.309 e. The van der Waals surface area contributed by atoms with Crippen molar-refractivity contribution in [2.75, 3.05) is 19.7 Å². The molecule has 0 saturated carbocycles. The fraction of sp³-hybridized carbons (Fsp3) is 0.875. The number of ether oxygens (including phenoxy) is 1. The summed E-state index contributed by atoms with van der Waals surface area (Å²) in [5, 5.41) is 1.75. The van der Waals surface area contributed by atoms with Gasteiger partial charge in [0.25, 0.3) is 0 Å². The number of rotatable bonds is 2. The molecule has 70 valence electrons. The van der Waals surface area contributed by atoms with Gasteiger partial charge in [-0.2, -0.15) is 0 Å². The lowest BCUT2D eigenvalue weighted by Crippen LogP contribution is -2.41. The lowest BCUT2D eigenvalue weighted by molar-refractivity contribution is -0.149. The summed E-state index contributed by atoms with van der Waals surface area (Å²) in [5.74, 6) is 5.56. The van der Waals surface area contributed by atoms with Crippen LogP contribution in [0.1, 0.15) is 19.8 Å². The van der Waals surface area contributed by atoms with Crippen molar-refractivity contribution in [1.29, 1.82) is 0 Å². The van der Waals surface area contributed by atoms with Gasteiger partial charge in [0, 0.05) is 13.1 Å². The third-order valence-electron chi connectivity index (χ3n) is 2.15. The van der Waals surface area contributed by atoms with E-state index in [2.05, 4.69) is 0 Å². The number of nitrogens with zero attached hydrogens (tertiary/aromatic N) is 1. The molecule has 0 aromatic carbocycles. The SMILES string of the molecule is CCOC(=O)C1CCN(N)CC1. The molecule has 1 fully saturated rings. The second-order valence-electron chi connectivity index (χ2n) is 3.06. The van der Waals surface area contributed by atoms with Crippen LogP contribution in [0.2, 0.25) is 0 Å². The van der Waals surface area contributed by atoms with E-state index in [1.165, 1.54) is 0 Å². The first-order valence-corrected chi connectivity index (χ1v) is 4.40. The van der Waals surface area contributed by atoms with Gasteiger partial charge in [-0.05, 0) is 19.8 Å². The maximum Gasteiger partial charge on any atom is 0.309 e. The predicted octanol–water partition coefficient (Wildman–Crippen LogP) is 0.135. The van der Waals surface area contributed by atoms with Gasteiger partial charge in [0.1, 0.15) is 0 Å². The summed E-state index contributed by atoms with van der Waals surface area (Å²) >= 11 is 0. The lowest BCUT2D eigenvalue weighted by atomic mass is 9.98. The van der Waals surface area contributed by atoms with Crippen molar-refractivity contribution >= 4 is 5.97 Å². The van der Waals surface area contributed by atoms with E-state index in [1.54, 1.807) is 5.01 Å². The number of hydrazine groups is 1. The maximum atomic E-state index is 11.2. The molecule has 4 nitrogen and oxygen atoms in total. The number of carbonyl (C=O) groups excluding carboxylic acids is 1. The Morgan fingerprint density at radius 2 is 2.17 bits per heavy atom. The summed E-state index contributed by atoms with van der Waals surface area (Å²) in [6, 6.07) is 0. The molecule has 0 bridgehead atoms. The van der Waals surface area contributed by atoms with Crippen LogP contribution in [0.25, 0.3) is 0 Å². The standard InChI is InChI=1S/C8H16N2O2/c1-2-12-8(11)7-3-5-10(9)6-4-7/h7H,2-6,9H2,1H3. The number of piperidine rings is 1. The fourth-order valence-corrected chi connectivity index (χ4v) is 1.40. The van der Waals surface area contributed by atoms with Crippen LogP contribution in [-0.2, 0) is 9.53 Å². The molecular weight excluding hydrogens is 156 g/mol. The van der Waals surface area contributed by atoms with Crippen molar-refractivity contribution in [2.24, 2.45) is 11.8 Å². The van der Waals surface area contributed by atoms with E-state index in [4.69, 9.17) is 10.6 Å². The van der Waals surface area contributed by atoms with Gasteiger partial charge in [-0.15, -0.1) is 0 Å². The van der Waals surface area contributed by atoms with Crippen molar-refractivity contribution in [3.8, 4) is 0 Å². The van der Waals surface area contributed by atoms with E-state index >= 15 is 0 Å². The van der Waals surface area contributed by atoms with Crippen LogP contribution >= 0.6 is 0 Å². The predicted molar refractivity (Wildman–Crippen MR) is 45.1 cm³/mol. The summed E-state index contributed by atoms with van der Waals surface area (Å²) in [6.07, 6.45) is 1.66. The third-order valence-corrected chi connectivity index (χ3v) is 2.15. The van der Waals surface area contributed by atoms with Crippen molar-refractivity contribution in [2.45, 2.75) is 19.8 Å². The highest BCUT2D eigenvalue weighted by molar-refractivity contribution is 5.72. The normalized spacial score (nSPS) is 20.8. The average Bonchev–Trinajstić information content (AvgIpc) is 2.06. The van der Waals surface area contributed by atoms with Crippen LogP contribution in [0.15, 0.2) is 0 Å². The topological polar surface area (TPSA) is 55.6 Å². The largest absolute Gasteiger partial charge is 0.466 e. The van der Waals surface area contributed by atoms with Gasteiger partial charge >= 0.3 is 5.97 Å². The monoisotopic (exact) mass is 172 g/mol. The average molecular weight is 172 g/mol.